The summed E-state index contributed by atoms with van der Waals surface area (Å²) in [6, 6.07) is 6.18. The summed E-state index contributed by atoms with van der Waals surface area (Å²) in [4.78, 5) is 10.7. The van der Waals surface area contributed by atoms with E-state index in [0.717, 1.165) is 0 Å². The van der Waals surface area contributed by atoms with Crippen molar-refractivity contribution in [1.29, 1.82) is 0 Å². The van der Waals surface area contributed by atoms with Crippen LogP contribution < -0.4 is 0 Å². The average Bonchev–Trinajstić information content (AvgIpc) is 3.07. The lowest BCUT2D eigenvalue weighted by atomic mass is 10.1. The molecule has 1 N–H and O–H groups in total. The molecule has 0 heterocycles. The second-order valence-corrected chi connectivity index (χ2v) is 14.6. The van der Waals surface area contributed by atoms with Crippen molar-refractivity contribution in [3.63, 3.8) is 0 Å². The van der Waals surface area contributed by atoms with Crippen LogP contribution >= 0.6 is 0 Å². The van der Waals surface area contributed by atoms with Crippen molar-refractivity contribution in [1.82, 2.24) is 0 Å². The number of aromatic hydroxyl groups is 1. The predicted molar refractivity (Wildman–Crippen MR) is 207 cm³/mol. The van der Waals surface area contributed by atoms with Crippen molar-refractivity contribution in [2.24, 2.45) is 0 Å². The van der Waals surface area contributed by atoms with Crippen molar-refractivity contribution < 1.29 is 36.4 Å². The number of Topliss-reactive ketones (excluding diaryl/α,β-unsaturated/α-hetero) is 1. The quantitative estimate of drug-likeness (QED) is 0.0466. The maximum absolute atomic E-state index is 10.7. The molecule has 292 valence electrons. The number of hydrogen-bond acceptors (Lipinski definition) is 6. The van der Waals surface area contributed by atoms with Crippen LogP contribution in [-0.4, -0.2) is 89.7 Å². The highest BCUT2D eigenvalue weighted by Gasteiger charge is 2.25. The van der Waals surface area contributed by atoms with E-state index in [1.807, 2.05) is 0 Å². The first-order valence-electron chi connectivity index (χ1n) is 19.9. The second kappa shape index (κ2) is 33.6. The summed E-state index contributed by atoms with van der Waals surface area (Å²) in [5.74, 6) is 0.199. The zero-order valence-corrected chi connectivity index (χ0v) is 34.4. The molecule has 1 aromatic rings. The molecule has 0 aliphatic rings. The zero-order valence-electron chi connectivity index (χ0n) is 33.6. The Morgan fingerprint density at radius 1 is 0.510 bits per heavy atom. The Balaban J connectivity index is -0.000000620. The number of carbonyl (C=O) groups excluding carboxylic acids is 1. The Kier molecular flexibility index (Phi) is 35.6. The van der Waals surface area contributed by atoms with E-state index in [9.17, 15) is 4.79 Å². The molecule has 0 saturated heterocycles. The molecule has 0 amide bonds. The highest BCUT2D eigenvalue weighted by atomic mass is 32.3. The van der Waals surface area contributed by atoms with Crippen molar-refractivity contribution in [2.75, 3.05) is 52.4 Å². The summed E-state index contributed by atoms with van der Waals surface area (Å²) in [6.45, 7) is 31.5. The third-order valence-corrected chi connectivity index (χ3v) is 9.16. The molecule has 0 aliphatic carbocycles. The van der Waals surface area contributed by atoms with Gasteiger partial charge in [0.2, 0.25) is 0 Å². The van der Waals surface area contributed by atoms with E-state index in [4.69, 9.17) is 22.6 Å². The highest BCUT2D eigenvalue weighted by molar-refractivity contribution is 7.79. The van der Waals surface area contributed by atoms with Crippen LogP contribution in [0.25, 0.3) is 0 Å². The van der Waals surface area contributed by atoms with Crippen LogP contribution in [0.1, 0.15) is 175 Å². The fourth-order valence-corrected chi connectivity index (χ4v) is 5.99. The lowest BCUT2D eigenvalue weighted by Gasteiger charge is -2.39. The minimum atomic E-state index is -5.17. The lowest BCUT2D eigenvalue weighted by Crippen LogP contribution is -2.50. The van der Waals surface area contributed by atoms with E-state index in [0.29, 0.717) is 5.56 Å². The van der Waals surface area contributed by atoms with Gasteiger partial charge >= 0.3 is 0 Å². The molecule has 0 aliphatic heterocycles. The molecule has 1 aromatic carbocycles. The smallest absolute Gasteiger partial charge is 0.159 e. The minimum Gasteiger partial charge on any atom is -0.759 e. The summed E-state index contributed by atoms with van der Waals surface area (Å²) in [7, 11) is -5.17. The minimum absolute atomic E-state index is 0.0139. The zero-order chi connectivity index (χ0) is 38.0. The number of rotatable bonds is 25. The van der Waals surface area contributed by atoms with Gasteiger partial charge in [-0.2, -0.15) is 0 Å². The first kappa shape index (κ1) is 51.8. The van der Waals surface area contributed by atoms with Gasteiger partial charge in [-0.15, -0.1) is 0 Å². The molecule has 0 atom stereocenters. The van der Waals surface area contributed by atoms with Crippen LogP contribution in [0.3, 0.4) is 0 Å². The number of hydrogen-bond donors (Lipinski definition) is 1. The first-order chi connectivity index (χ1) is 23.2. The summed E-state index contributed by atoms with van der Waals surface area (Å²) >= 11 is 0. The fourth-order valence-electron chi connectivity index (χ4n) is 5.99. The van der Waals surface area contributed by atoms with Crippen LogP contribution in [0.2, 0.25) is 0 Å². The number of phenols is 1. The van der Waals surface area contributed by atoms with Gasteiger partial charge in [0.25, 0.3) is 0 Å². The maximum Gasteiger partial charge on any atom is 0.159 e. The van der Waals surface area contributed by atoms with E-state index in [-0.39, 0.29) is 11.5 Å². The second-order valence-electron chi connectivity index (χ2n) is 13.8. The number of benzene rings is 1. The Morgan fingerprint density at radius 3 is 0.837 bits per heavy atom. The van der Waals surface area contributed by atoms with Crippen LogP contribution in [0.5, 0.6) is 5.75 Å². The van der Waals surface area contributed by atoms with E-state index >= 15 is 0 Å². The summed E-state index contributed by atoms with van der Waals surface area (Å²) in [6.07, 6.45) is 22.1. The normalized spacial score (nSPS) is 11.4. The van der Waals surface area contributed by atoms with Crippen LogP contribution in [0, 0.1) is 0 Å². The number of unbranched alkanes of at least 4 members (excludes halogenated alkanes) is 8. The number of phenolic OH excluding ortho intramolecular Hbond substituents is 1. The van der Waals surface area contributed by atoms with Gasteiger partial charge < -0.3 is 23.2 Å². The average molecular weight is 717 g/mol. The van der Waals surface area contributed by atoms with E-state index in [1.165, 1.54) is 183 Å². The topological polar surface area (TPSA) is 118 Å². The van der Waals surface area contributed by atoms with Crippen LogP contribution in [0.4, 0.5) is 0 Å². The lowest BCUT2D eigenvalue weighted by molar-refractivity contribution is -0.929. The van der Waals surface area contributed by atoms with Crippen molar-refractivity contribution in [2.45, 2.75) is 165 Å². The first-order valence-corrected chi connectivity index (χ1v) is 21.2. The molecular formula is C40H80N2O6S. The van der Waals surface area contributed by atoms with Gasteiger partial charge in [-0.05, 0) is 82.6 Å². The van der Waals surface area contributed by atoms with Crippen molar-refractivity contribution >= 4 is 16.2 Å². The van der Waals surface area contributed by atoms with Gasteiger partial charge in [0.15, 0.2) is 5.78 Å². The van der Waals surface area contributed by atoms with Gasteiger partial charge in [0, 0.05) is 16.0 Å². The Hall–Kier alpha value is -1.52. The molecule has 0 unspecified atom stereocenters. The monoisotopic (exact) mass is 717 g/mol. The third kappa shape index (κ3) is 33.4. The molecule has 1 rings (SSSR count). The summed E-state index contributed by atoms with van der Waals surface area (Å²) in [5.41, 5.74) is 0.623. The maximum atomic E-state index is 10.7. The van der Waals surface area contributed by atoms with Crippen LogP contribution in [-0.2, 0) is 10.4 Å². The van der Waals surface area contributed by atoms with Gasteiger partial charge in [0.1, 0.15) is 5.75 Å². The molecular weight excluding hydrogens is 637 g/mol. The summed E-state index contributed by atoms with van der Waals surface area (Å²) < 4.78 is 36.9. The molecule has 8 nitrogen and oxygen atoms in total. The van der Waals surface area contributed by atoms with E-state index < -0.39 is 10.4 Å². The Morgan fingerprint density at radius 2 is 0.694 bits per heavy atom. The SMILES string of the molecule is CC(=O)c1ccc(O)cc1.CCCC[N+](CCCC)(CCCC)CCCC.CCCC[N+](CCCC)(CCCC)CCCC.O=S(=O)([O-])[O-]. The van der Waals surface area contributed by atoms with E-state index in [1.54, 1.807) is 12.1 Å². The molecule has 0 bridgehead atoms. The number of ketones is 1. The molecule has 49 heavy (non-hydrogen) atoms. The van der Waals surface area contributed by atoms with E-state index in [2.05, 4.69) is 55.4 Å². The Labute approximate surface area is 304 Å². The summed E-state index contributed by atoms with van der Waals surface area (Å²) in [5, 5.41) is 8.83. The van der Waals surface area contributed by atoms with Crippen molar-refractivity contribution in [3.05, 3.63) is 29.8 Å². The Bertz CT molecular complexity index is 850. The van der Waals surface area contributed by atoms with Crippen LogP contribution in [0.15, 0.2) is 24.3 Å². The number of nitrogens with zero attached hydrogens (tertiary/aromatic N) is 2. The molecule has 9 heteroatoms. The molecule has 0 saturated carbocycles. The molecule has 0 radical (unpaired) electrons. The number of carbonyl (C=O) groups is 1. The third-order valence-electron chi connectivity index (χ3n) is 9.16. The van der Waals surface area contributed by atoms with Gasteiger partial charge in [0.05, 0.1) is 52.4 Å². The van der Waals surface area contributed by atoms with Crippen molar-refractivity contribution in [3.8, 4) is 5.75 Å². The molecule has 0 spiro atoms. The highest BCUT2D eigenvalue weighted by Crippen LogP contribution is 2.18. The number of quaternary nitrogens is 2. The standard InChI is InChI=1S/2C16H36N.C8H8O2.H2O4S/c2*1-5-9-13-17(14-10-6-2,15-11-7-3)16-12-8-4;1-6(9)7-2-4-8(10)5-3-7;1-5(2,3)4/h2*5-16H2,1-4H3;2-5,10H,1H3;(H2,1,2,3,4)/q2*+1;;/p-2. The fraction of sp³-hybridized carbons (Fsp3) is 0.825. The predicted octanol–water partition coefficient (Wildman–Crippen LogP) is 10.3. The van der Waals surface area contributed by atoms with Gasteiger partial charge in [-0.25, -0.2) is 0 Å². The molecule has 0 fully saturated rings. The van der Waals surface area contributed by atoms with Gasteiger partial charge in [-0.1, -0.05) is 107 Å². The molecule has 0 aromatic heterocycles. The largest absolute Gasteiger partial charge is 0.759 e. The van der Waals surface area contributed by atoms with Gasteiger partial charge in [-0.3, -0.25) is 13.2 Å².